The number of nitrogens with two attached hydrogens (primary N) is 1. The molecule has 6 atom stereocenters. The average molecular weight is 404 g/mol. The predicted octanol–water partition coefficient (Wildman–Crippen LogP) is 8.22. The Hall–Kier alpha value is -0.0400. The molecular formula is C28H53N. The molecule has 29 heavy (non-hydrogen) atoms. The summed E-state index contributed by atoms with van der Waals surface area (Å²) in [6.07, 6.45) is 23.6. The van der Waals surface area contributed by atoms with Gasteiger partial charge in [-0.15, -0.1) is 0 Å². The monoisotopic (exact) mass is 403 g/mol. The van der Waals surface area contributed by atoms with E-state index in [1.807, 2.05) is 0 Å². The van der Waals surface area contributed by atoms with Gasteiger partial charge in [0.2, 0.25) is 0 Å². The van der Waals surface area contributed by atoms with Crippen molar-refractivity contribution in [1.29, 1.82) is 0 Å². The average Bonchev–Trinajstić information content (AvgIpc) is 2.77. The first-order valence-electron chi connectivity index (χ1n) is 13.9. The van der Waals surface area contributed by atoms with Gasteiger partial charge in [-0.25, -0.2) is 0 Å². The fraction of sp³-hybridized carbons (Fsp3) is 1.00. The highest BCUT2D eigenvalue weighted by molar-refractivity contribution is 4.94. The normalized spacial score (nSPS) is 34.8. The maximum atomic E-state index is 6.18. The minimum Gasteiger partial charge on any atom is -0.330 e. The first kappa shape index (κ1) is 23.6. The minimum atomic E-state index is 0.909. The van der Waals surface area contributed by atoms with Crippen molar-refractivity contribution in [2.45, 2.75) is 124 Å². The van der Waals surface area contributed by atoms with E-state index in [9.17, 15) is 0 Å². The zero-order valence-corrected chi connectivity index (χ0v) is 20.2. The number of hydrogen-bond acceptors (Lipinski definition) is 1. The van der Waals surface area contributed by atoms with Crippen molar-refractivity contribution in [3.05, 3.63) is 0 Å². The largest absolute Gasteiger partial charge is 0.330 e. The highest BCUT2D eigenvalue weighted by Gasteiger charge is 2.44. The molecule has 1 heteroatoms. The molecule has 0 amide bonds. The Morgan fingerprint density at radius 2 is 1.21 bits per heavy atom. The van der Waals surface area contributed by atoms with Crippen molar-refractivity contribution in [3.8, 4) is 0 Å². The van der Waals surface area contributed by atoms with Gasteiger partial charge in [0.1, 0.15) is 0 Å². The van der Waals surface area contributed by atoms with E-state index in [2.05, 4.69) is 20.8 Å². The quantitative estimate of drug-likeness (QED) is 0.412. The van der Waals surface area contributed by atoms with Crippen LogP contribution in [-0.2, 0) is 0 Å². The molecule has 1 nitrogen and oxygen atoms in total. The second-order valence-corrected chi connectivity index (χ2v) is 11.3. The van der Waals surface area contributed by atoms with E-state index < -0.39 is 0 Å². The standard InChI is InChI=1S/C28H53N/c1-4-12-26(22-13-8-6-9-14-22)25-17-18-28(24(5-2)21(25)3)27(19-20-29)23-15-10-7-11-16-23/h21-28H,4-20,29H2,1-3H3. The van der Waals surface area contributed by atoms with Crippen molar-refractivity contribution in [2.24, 2.45) is 53.1 Å². The summed E-state index contributed by atoms with van der Waals surface area (Å²) < 4.78 is 0. The Bertz CT molecular complexity index is 434. The third-order valence-electron chi connectivity index (χ3n) is 9.94. The van der Waals surface area contributed by atoms with E-state index in [0.717, 1.165) is 53.9 Å². The Kier molecular flexibility index (Phi) is 9.87. The van der Waals surface area contributed by atoms with Crippen LogP contribution in [0, 0.1) is 47.3 Å². The second kappa shape index (κ2) is 12.1. The van der Waals surface area contributed by atoms with Crippen molar-refractivity contribution < 1.29 is 0 Å². The van der Waals surface area contributed by atoms with Gasteiger partial charge in [0, 0.05) is 0 Å². The van der Waals surface area contributed by atoms with E-state index in [4.69, 9.17) is 5.73 Å². The van der Waals surface area contributed by atoms with Gasteiger partial charge < -0.3 is 5.73 Å². The van der Waals surface area contributed by atoms with Gasteiger partial charge in [-0.1, -0.05) is 104 Å². The summed E-state index contributed by atoms with van der Waals surface area (Å²) in [6, 6.07) is 0. The molecule has 3 fully saturated rings. The lowest BCUT2D eigenvalue weighted by Gasteiger charge is -2.51. The Balaban J connectivity index is 1.73. The summed E-state index contributed by atoms with van der Waals surface area (Å²) in [6.45, 7) is 8.53. The van der Waals surface area contributed by atoms with Crippen molar-refractivity contribution >= 4 is 0 Å². The fourth-order valence-electron chi connectivity index (χ4n) is 8.63. The fourth-order valence-corrected chi connectivity index (χ4v) is 8.63. The van der Waals surface area contributed by atoms with E-state index in [0.29, 0.717) is 0 Å². The summed E-state index contributed by atoms with van der Waals surface area (Å²) >= 11 is 0. The lowest BCUT2D eigenvalue weighted by atomic mass is 9.55. The minimum absolute atomic E-state index is 0.909. The van der Waals surface area contributed by atoms with Crippen LogP contribution in [0.3, 0.4) is 0 Å². The van der Waals surface area contributed by atoms with Crippen LogP contribution < -0.4 is 5.73 Å². The maximum Gasteiger partial charge on any atom is -0.00744 e. The molecule has 170 valence electrons. The third kappa shape index (κ3) is 5.81. The highest BCUT2D eigenvalue weighted by atomic mass is 14.6. The molecule has 0 aromatic carbocycles. The van der Waals surface area contributed by atoms with Crippen molar-refractivity contribution in [1.82, 2.24) is 0 Å². The molecule has 0 aromatic rings. The van der Waals surface area contributed by atoms with Crippen LogP contribution in [0.2, 0.25) is 0 Å². The van der Waals surface area contributed by atoms with Gasteiger partial charge in [0.15, 0.2) is 0 Å². The molecule has 0 bridgehead atoms. The van der Waals surface area contributed by atoms with Crippen LogP contribution in [0.4, 0.5) is 0 Å². The molecule has 3 rings (SSSR count). The summed E-state index contributed by atoms with van der Waals surface area (Å²) in [5.41, 5.74) is 6.18. The van der Waals surface area contributed by atoms with Gasteiger partial charge in [0.25, 0.3) is 0 Å². The zero-order chi connectivity index (χ0) is 20.6. The molecular weight excluding hydrogens is 350 g/mol. The second-order valence-electron chi connectivity index (χ2n) is 11.3. The summed E-state index contributed by atoms with van der Waals surface area (Å²) in [5.74, 6) is 7.83. The molecule has 0 saturated heterocycles. The van der Waals surface area contributed by atoms with Crippen LogP contribution in [0.15, 0.2) is 0 Å². The van der Waals surface area contributed by atoms with E-state index >= 15 is 0 Å². The lowest BCUT2D eigenvalue weighted by Crippen LogP contribution is -2.43. The number of hydrogen-bond donors (Lipinski definition) is 1. The molecule has 3 aliphatic carbocycles. The van der Waals surface area contributed by atoms with Crippen molar-refractivity contribution in [3.63, 3.8) is 0 Å². The molecule has 0 aromatic heterocycles. The van der Waals surface area contributed by atoms with Gasteiger partial charge >= 0.3 is 0 Å². The first-order chi connectivity index (χ1) is 14.2. The van der Waals surface area contributed by atoms with Crippen LogP contribution in [0.1, 0.15) is 124 Å². The highest BCUT2D eigenvalue weighted by Crippen LogP contribution is 2.53. The van der Waals surface area contributed by atoms with E-state index in [-0.39, 0.29) is 0 Å². The maximum absolute atomic E-state index is 6.18. The molecule has 0 spiro atoms. The zero-order valence-electron chi connectivity index (χ0n) is 20.2. The van der Waals surface area contributed by atoms with Gasteiger partial charge in [-0.3, -0.25) is 0 Å². The Morgan fingerprint density at radius 3 is 1.69 bits per heavy atom. The Labute approximate surface area is 183 Å². The van der Waals surface area contributed by atoms with Crippen LogP contribution in [0.5, 0.6) is 0 Å². The van der Waals surface area contributed by atoms with Gasteiger partial charge in [-0.05, 0) is 73.2 Å². The van der Waals surface area contributed by atoms with Crippen molar-refractivity contribution in [2.75, 3.05) is 6.54 Å². The Morgan fingerprint density at radius 1 is 0.690 bits per heavy atom. The SMILES string of the molecule is CCCC(C1CCCCC1)C1CCC(C(CCN)C2CCCCC2)C(CC)C1C. The molecule has 2 N–H and O–H groups in total. The summed E-state index contributed by atoms with van der Waals surface area (Å²) in [4.78, 5) is 0. The third-order valence-corrected chi connectivity index (χ3v) is 9.94. The number of rotatable bonds is 9. The van der Waals surface area contributed by atoms with E-state index in [1.54, 1.807) is 0 Å². The van der Waals surface area contributed by atoms with Crippen LogP contribution >= 0.6 is 0 Å². The molecule has 0 radical (unpaired) electrons. The lowest BCUT2D eigenvalue weighted by molar-refractivity contribution is -0.0117. The van der Waals surface area contributed by atoms with Crippen LogP contribution in [0.25, 0.3) is 0 Å². The van der Waals surface area contributed by atoms with E-state index in [1.165, 1.54) is 103 Å². The smallest absolute Gasteiger partial charge is 0.00744 e. The summed E-state index contributed by atoms with van der Waals surface area (Å²) in [5, 5.41) is 0. The van der Waals surface area contributed by atoms with Gasteiger partial charge in [-0.2, -0.15) is 0 Å². The molecule has 0 aliphatic heterocycles. The summed E-state index contributed by atoms with van der Waals surface area (Å²) in [7, 11) is 0. The van der Waals surface area contributed by atoms with Gasteiger partial charge in [0.05, 0.1) is 0 Å². The molecule has 0 heterocycles. The topological polar surface area (TPSA) is 26.0 Å². The predicted molar refractivity (Wildman–Crippen MR) is 128 cm³/mol. The molecule has 3 aliphatic rings. The molecule has 3 saturated carbocycles. The van der Waals surface area contributed by atoms with Crippen LogP contribution in [-0.4, -0.2) is 6.54 Å². The first-order valence-corrected chi connectivity index (χ1v) is 13.9. The molecule has 6 unspecified atom stereocenters.